The average molecular weight is 510 g/mol. The number of nitrogens with zero attached hydrogens (tertiary/aromatic N) is 2. The highest BCUT2D eigenvalue weighted by Crippen LogP contribution is 2.21. The first-order valence-electron chi connectivity index (χ1n) is 8.95. The van der Waals surface area contributed by atoms with Gasteiger partial charge in [-0.25, -0.2) is 12.7 Å². The van der Waals surface area contributed by atoms with Crippen molar-refractivity contribution < 1.29 is 8.42 Å². The smallest absolute Gasteiger partial charge is 0.242 e. The topological polar surface area (TPSA) is 73.8 Å². The lowest BCUT2D eigenvalue weighted by Crippen LogP contribution is -2.42. The molecular weight excluding hydrogens is 475 g/mol. The molecule has 0 aliphatic rings. The molecule has 0 bridgehead atoms. The zero-order valence-electron chi connectivity index (χ0n) is 17.5. The molecule has 0 aliphatic carbocycles. The Hall–Kier alpha value is -0.870. The summed E-state index contributed by atoms with van der Waals surface area (Å²) in [6.07, 6.45) is 2.15. The van der Waals surface area contributed by atoms with Gasteiger partial charge < -0.3 is 10.6 Å². The second kappa shape index (κ2) is 11.2. The van der Waals surface area contributed by atoms with Gasteiger partial charge in [-0.05, 0) is 36.8 Å². The van der Waals surface area contributed by atoms with E-state index < -0.39 is 10.0 Å². The molecule has 0 amide bonds. The van der Waals surface area contributed by atoms with Gasteiger partial charge in [0.1, 0.15) is 0 Å². The molecule has 1 aromatic carbocycles. The van der Waals surface area contributed by atoms with Crippen LogP contribution in [-0.4, -0.2) is 45.9 Å². The fourth-order valence-electron chi connectivity index (χ4n) is 2.43. The van der Waals surface area contributed by atoms with Gasteiger partial charge in [0.15, 0.2) is 5.96 Å². The lowest BCUT2D eigenvalue weighted by Gasteiger charge is -2.23. The van der Waals surface area contributed by atoms with Gasteiger partial charge in [0.2, 0.25) is 10.0 Å². The molecule has 6 nitrogen and oxygen atoms in total. The molecule has 0 fully saturated rings. The first-order chi connectivity index (χ1) is 12.0. The van der Waals surface area contributed by atoms with Gasteiger partial charge in [-0.1, -0.05) is 39.0 Å². The van der Waals surface area contributed by atoms with E-state index in [1.54, 1.807) is 19.2 Å². The molecular formula is C19H35IN4O2S. The zero-order chi connectivity index (χ0) is 20.0. The fourth-order valence-corrected chi connectivity index (χ4v) is 3.54. The minimum absolute atomic E-state index is 0. The van der Waals surface area contributed by atoms with Crippen molar-refractivity contribution in [3.8, 4) is 0 Å². The predicted molar refractivity (Wildman–Crippen MR) is 124 cm³/mol. The Kier molecular flexibility index (Phi) is 10.8. The van der Waals surface area contributed by atoms with Crippen LogP contribution in [0.4, 0.5) is 0 Å². The van der Waals surface area contributed by atoms with E-state index in [0.717, 1.165) is 12.8 Å². The van der Waals surface area contributed by atoms with Crippen LogP contribution in [0.5, 0.6) is 0 Å². The number of aliphatic imine (C=N–C) groups is 1. The summed E-state index contributed by atoms with van der Waals surface area (Å²) in [6.45, 7) is 9.21. The summed E-state index contributed by atoms with van der Waals surface area (Å²) in [7, 11) is 1.32. The van der Waals surface area contributed by atoms with Crippen LogP contribution in [0.2, 0.25) is 0 Å². The number of halogens is 1. The Morgan fingerprint density at radius 3 is 2.33 bits per heavy atom. The van der Waals surface area contributed by atoms with Crippen LogP contribution in [0.3, 0.4) is 0 Å². The molecule has 0 saturated heterocycles. The fraction of sp³-hybridized carbons (Fsp3) is 0.632. The highest BCUT2D eigenvalue weighted by molar-refractivity contribution is 14.0. The van der Waals surface area contributed by atoms with Crippen LogP contribution >= 0.6 is 24.0 Å². The van der Waals surface area contributed by atoms with E-state index in [0.29, 0.717) is 28.4 Å². The monoisotopic (exact) mass is 510 g/mol. The maximum Gasteiger partial charge on any atom is 0.242 e. The van der Waals surface area contributed by atoms with Crippen LogP contribution in [0.15, 0.2) is 34.2 Å². The molecule has 1 rings (SSSR count). The highest BCUT2D eigenvalue weighted by Gasteiger charge is 2.20. The number of hydrogen-bond acceptors (Lipinski definition) is 3. The van der Waals surface area contributed by atoms with Crippen molar-refractivity contribution in [1.82, 2.24) is 14.9 Å². The number of guanidine groups is 1. The summed E-state index contributed by atoms with van der Waals surface area (Å²) >= 11 is 0. The summed E-state index contributed by atoms with van der Waals surface area (Å²) < 4.78 is 26.2. The first kappa shape index (κ1) is 26.1. The molecule has 0 spiro atoms. The molecule has 1 unspecified atom stereocenters. The summed E-state index contributed by atoms with van der Waals surface area (Å²) in [6, 6.07) is 7.31. The maximum absolute atomic E-state index is 12.5. The molecule has 1 aromatic rings. The minimum atomic E-state index is -3.48. The molecule has 0 saturated carbocycles. The Morgan fingerprint density at radius 1 is 1.22 bits per heavy atom. The molecule has 0 aliphatic heterocycles. The number of sulfonamides is 1. The first-order valence-corrected chi connectivity index (χ1v) is 10.4. The van der Waals surface area contributed by atoms with E-state index in [-0.39, 0.29) is 30.0 Å². The number of nitrogens with one attached hydrogen (secondary N) is 2. The van der Waals surface area contributed by atoms with E-state index in [2.05, 4.69) is 43.3 Å². The second-order valence-electron chi connectivity index (χ2n) is 7.97. The lowest BCUT2D eigenvalue weighted by molar-refractivity contribution is 0.346. The van der Waals surface area contributed by atoms with E-state index in [9.17, 15) is 8.42 Å². The van der Waals surface area contributed by atoms with Gasteiger partial charge in [0, 0.05) is 33.7 Å². The summed E-state index contributed by atoms with van der Waals surface area (Å²) in [5.74, 6) is 0.670. The molecule has 0 aromatic heterocycles. The lowest BCUT2D eigenvalue weighted by atomic mass is 9.89. The molecule has 8 heteroatoms. The van der Waals surface area contributed by atoms with E-state index in [1.807, 2.05) is 12.1 Å². The summed E-state index contributed by atoms with van der Waals surface area (Å²) in [5, 5.41) is 6.59. The number of benzene rings is 1. The molecule has 27 heavy (non-hydrogen) atoms. The normalized spacial score (nSPS) is 13.9. The summed E-state index contributed by atoms with van der Waals surface area (Å²) in [4.78, 5) is 4.56. The van der Waals surface area contributed by atoms with Crippen molar-refractivity contribution in [2.24, 2.45) is 10.4 Å². The van der Waals surface area contributed by atoms with Gasteiger partial charge in [0.25, 0.3) is 0 Å². The quantitative estimate of drug-likeness (QED) is 0.335. The third kappa shape index (κ3) is 8.78. The standard InChI is InChI=1S/C19H34N4O2S.HI/c1-15(12-13-19(2,3)4)22-18(20-5)21-14-16-10-8-9-11-17(16)26(24,25)23(6)7;/h8-11,15H,12-14H2,1-7H3,(H2,20,21,22);1H. The van der Waals surface area contributed by atoms with E-state index in [1.165, 1.54) is 18.4 Å². The third-order valence-corrected chi connectivity index (χ3v) is 6.03. The molecule has 156 valence electrons. The Bertz CT molecular complexity index is 713. The maximum atomic E-state index is 12.5. The van der Waals surface area contributed by atoms with Crippen molar-refractivity contribution in [3.05, 3.63) is 29.8 Å². The number of rotatable bonds is 7. The van der Waals surface area contributed by atoms with Gasteiger partial charge in [-0.3, -0.25) is 4.99 Å². The zero-order valence-corrected chi connectivity index (χ0v) is 20.7. The van der Waals surface area contributed by atoms with Gasteiger partial charge in [0.05, 0.1) is 4.90 Å². The van der Waals surface area contributed by atoms with Gasteiger partial charge in [-0.15, -0.1) is 24.0 Å². The van der Waals surface area contributed by atoms with Crippen molar-refractivity contribution in [3.63, 3.8) is 0 Å². The SMILES string of the molecule is CN=C(NCc1ccccc1S(=O)(=O)N(C)C)NC(C)CCC(C)(C)C.I. The number of hydrogen-bond donors (Lipinski definition) is 2. The van der Waals surface area contributed by atoms with Gasteiger partial charge in [-0.2, -0.15) is 0 Å². The van der Waals surface area contributed by atoms with Crippen molar-refractivity contribution >= 4 is 40.0 Å². The van der Waals surface area contributed by atoms with Crippen LogP contribution in [-0.2, 0) is 16.6 Å². The minimum Gasteiger partial charge on any atom is -0.354 e. The van der Waals surface area contributed by atoms with Crippen LogP contribution in [0.25, 0.3) is 0 Å². The molecule has 1 atom stereocenters. The largest absolute Gasteiger partial charge is 0.354 e. The van der Waals surface area contributed by atoms with E-state index >= 15 is 0 Å². The van der Waals surface area contributed by atoms with Crippen molar-refractivity contribution in [1.29, 1.82) is 0 Å². The summed E-state index contributed by atoms with van der Waals surface area (Å²) in [5.41, 5.74) is 1.01. The Labute approximate surface area is 182 Å². The Morgan fingerprint density at radius 2 is 1.81 bits per heavy atom. The van der Waals surface area contributed by atoms with Crippen molar-refractivity contribution in [2.45, 2.75) is 58.0 Å². The van der Waals surface area contributed by atoms with Crippen LogP contribution in [0.1, 0.15) is 46.1 Å². The predicted octanol–water partition coefficient (Wildman–Crippen LogP) is 3.43. The molecule has 0 heterocycles. The molecule has 2 N–H and O–H groups in total. The third-order valence-electron chi connectivity index (χ3n) is 4.11. The highest BCUT2D eigenvalue weighted by atomic mass is 127. The van der Waals surface area contributed by atoms with Crippen molar-refractivity contribution in [2.75, 3.05) is 21.1 Å². The van der Waals surface area contributed by atoms with Crippen LogP contribution in [0, 0.1) is 5.41 Å². The van der Waals surface area contributed by atoms with E-state index in [4.69, 9.17) is 0 Å². The Balaban J connectivity index is 0.00000676. The van der Waals surface area contributed by atoms with Gasteiger partial charge >= 0.3 is 0 Å². The van der Waals surface area contributed by atoms with Crippen LogP contribution < -0.4 is 10.6 Å². The molecule has 0 radical (unpaired) electrons. The second-order valence-corrected chi connectivity index (χ2v) is 10.1. The average Bonchev–Trinajstić information content (AvgIpc) is 2.56.